The molecule has 4 nitrogen and oxygen atoms in total. The molecule has 1 aliphatic rings. The summed E-state index contributed by atoms with van der Waals surface area (Å²) in [6, 6.07) is -0.309. The Bertz CT molecular complexity index is 225. The van der Waals surface area contributed by atoms with Crippen molar-refractivity contribution in [2.24, 2.45) is 5.73 Å². The van der Waals surface area contributed by atoms with E-state index in [0.717, 1.165) is 44.8 Å². The summed E-state index contributed by atoms with van der Waals surface area (Å²) in [5, 5.41) is 0. The van der Waals surface area contributed by atoms with Crippen LogP contribution in [-0.2, 0) is 4.79 Å². The van der Waals surface area contributed by atoms with Gasteiger partial charge in [0, 0.05) is 19.6 Å². The maximum Gasteiger partial charge on any atom is 0.239 e. The number of likely N-dealkylation sites (N-methyl/N-ethyl adjacent to an activating group) is 1. The van der Waals surface area contributed by atoms with Crippen LogP contribution in [0.4, 0.5) is 0 Å². The van der Waals surface area contributed by atoms with Crippen LogP contribution in [-0.4, -0.2) is 67.0 Å². The zero-order chi connectivity index (χ0) is 12.0. The minimum atomic E-state index is -0.309. The number of carbonyl (C=O) groups is 1. The van der Waals surface area contributed by atoms with Crippen molar-refractivity contribution in [3.63, 3.8) is 0 Å². The van der Waals surface area contributed by atoms with Gasteiger partial charge in [0.05, 0.1) is 6.04 Å². The highest BCUT2D eigenvalue weighted by molar-refractivity contribution is 7.98. The molecule has 1 atom stereocenters. The first-order valence-corrected chi connectivity index (χ1v) is 7.26. The van der Waals surface area contributed by atoms with E-state index >= 15 is 0 Å². The van der Waals surface area contributed by atoms with E-state index in [9.17, 15) is 4.79 Å². The molecule has 0 saturated carbocycles. The summed E-state index contributed by atoms with van der Waals surface area (Å²) >= 11 is 1.74. The van der Waals surface area contributed by atoms with Crippen molar-refractivity contribution < 1.29 is 4.79 Å². The second kappa shape index (κ2) is 7.14. The summed E-state index contributed by atoms with van der Waals surface area (Å²) in [6.07, 6.45) is 3.88. The Labute approximate surface area is 103 Å². The van der Waals surface area contributed by atoms with Crippen LogP contribution >= 0.6 is 11.8 Å². The normalized spacial score (nSPS) is 20.6. The van der Waals surface area contributed by atoms with Gasteiger partial charge in [0.15, 0.2) is 0 Å². The van der Waals surface area contributed by atoms with Gasteiger partial charge in [0.1, 0.15) is 0 Å². The summed E-state index contributed by atoms with van der Waals surface area (Å²) < 4.78 is 0. The number of rotatable bonds is 4. The third-order valence-electron chi connectivity index (χ3n) is 2.98. The van der Waals surface area contributed by atoms with Gasteiger partial charge in [-0.25, -0.2) is 0 Å². The van der Waals surface area contributed by atoms with Crippen molar-refractivity contribution in [1.82, 2.24) is 9.80 Å². The van der Waals surface area contributed by atoms with Crippen LogP contribution in [0.1, 0.15) is 12.8 Å². The fourth-order valence-electron chi connectivity index (χ4n) is 1.87. The van der Waals surface area contributed by atoms with Crippen molar-refractivity contribution >= 4 is 17.7 Å². The van der Waals surface area contributed by atoms with Crippen LogP contribution < -0.4 is 5.73 Å². The van der Waals surface area contributed by atoms with E-state index in [1.54, 1.807) is 11.8 Å². The maximum absolute atomic E-state index is 12.0. The van der Waals surface area contributed by atoms with Gasteiger partial charge in [-0.05, 0) is 38.4 Å². The molecule has 1 fully saturated rings. The van der Waals surface area contributed by atoms with Gasteiger partial charge in [-0.1, -0.05) is 0 Å². The molecule has 0 aromatic heterocycles. The molecule has 1 rings (SSSR count). The first-order chi connectivity index (χ1) is 7.65. The fraction of sp³-hybridized carbons (Fsp3) is 0.909. The molecule has 1 heterocycles. The molecule has 16 heavy (non-hydrogen) atoms. The quantitative estimate of drug-likeness (QED) is 0.770. The predicted molar refractivity (Wildman–Crippen MR) is 69.7 cm³/mol. The van der Waals surface area contributed by atoms with Gasteiger partial charge >= 0.3 is 0 Å². The number of carbonyl (C=O) groups excluding carboxylic acids is 1. The maximum atomic E-state index is 12.0. The van der Waals surface area contributed by atoms with Crippen LogP contribution in [0, 0.1) is 0 Å². The minimum absolute atomic E-state index is 0.129. The molecule has 0 bridgehead atoms. The number of nitrogens with two attached hydrogens (primary N) is 1. The Morgan fingerprint density at radius 3 is 2.81 bits per heavy atom. The number of amides is 1. The molecule has 0 spiro atoms. The van der Waals surface area contributed by atoms with E-state index in [4.69, 9.17) is 5.73 Å². The minimum Gasteiger partial charge on any atom is -0.340 e. The van der Waals surface area contributed by atoms with Crippen LogP contribution in [0.2, 0.25) is 0 Å². The van der Waals surface area contributed by atoms with Crippen LogP contribution in [0.3, 0.4) is 0 Å². The molecule has 1 aliphatic heterocycles. The van der Waals surface area contributed by atoms with E-state index in [1.165, 1.54) is 0 Å². The molecule has 1 amide bonds. The van der Waals surface area contributed by atoms with Crippen LogP contribution in [0.25, 0.3) is 0 Å². The highest BCUT2D eigenvalue weighted by Gasteiger charge is 2.22. The van der Waals surface area contributed by atoms with E-state index in [2.05, 4.69) is 11.9 Å². The summed E-state index contributed by atoms with van der Waals surface area (Å²) in [6.45, 7) is 3.71. The lowest BCUT2D eigenvalue weighted by molar-refractivity contribution is -0.132. The molecule has 94 valence electrons. The monoisotopic (exact) mass is 245 g/mol. The lowest BCUT2D eigenvalue weighted by Gasteiger charge is -2.24. The number of hydrogen-bond acceptors (Lipinski definition) is 4. The Morgan fingerprint density at radius 1 is 1.38 bits per heavy atom. The summed E-state index contributed by atoms with van der Waals surface area (Å²) in [5.41, 5.74) is 5.90. The highest BCUT2D eigenvalue weighted by Crippen LogP contribution is 2.06. The van der Waals surface area contributed by atoms with Gasteiger partial charge in [0.25, 0.3) is 0 Å². The molecular formula is C11H23N3OS. The smallest absolute Gasteiger partial charge is 0.239 e. The standard InChI is InChI=1S/C11H23N3OS/c1-13-5-3-6-14(8-7-13)11(15)10(12)4-9-16-2/h10H,3-9,12H2,1-2H3/t10-/m1/s1. The number of nitrogens with zero attached hydrogens (tertiary/aromatic N) is 2. The second-order valence-corrected chi connectivity index (χ2v) is 5.36. The van der Waals surface area contributed by atoms with Crippen molar-refractivity contribution in [3.8, 4) is 0 Å². The molecule has 0 aliphatic carbocycles. The largest absolute Gasteiger partial charge is 0.340 e. The van der Waals surface area contributed by atoms with Gasteiger partial charge < -0.3 is 15.5 Å². The van der Waals surface area contributed by atoms with Gasteiger partial charge in [0.2, 0.25) is 5.91 Å². The summed E-state index contributed by atoms with van der Waals surface area (Å²) in [5.74, 6) is 1.09. The lowest BCUT2D eigenvalue weighted by atomic mass is 10.2. The average Bonchev–Trinajstić information content (AvgIpc) is 2.50. The van der Waals surface area contributed by atoms with E-state index in [0.29, 0.717) is 0 Å². The zero-order valence-electron chi connectivity index (χ0n) is 10.3. The number of hydrogen-bond donors (Lipinski definition) is 1. The third kappa shape index (κ3) is 4.31. The SMILES string of the molecule is CSCC[C@@H](N)C(=O)N1CCCN(C)CC1. The first-order valence-electron chi connectivity index (χ1n) is 5.87. The molecule has 0 aromatic carbocycles. The summed E-state index contributed by atoms with van der Waals surface area (Å²) in [7, 11) is 2.10. The zero-order valence-corrected chi connectivity index (χ0v) is 11.1. The third-order valence-corrected chi connectivity index (χ3v) is 3.63. The van der Waals surface area contributed by atoms with Gasteiger partial charge in [-0.2, -0.15) is 11.8 Å². The lowest BCUT2D eigenvalue weighted by Crippen LogP contribution is -2.45. The average molecular weight is 245 g/mol. The second-order valence-electron chi connectivity index (χ2n) is 4.37. The fourth-order valence-corrected chi connectivity index (χ4v) is 2.36. The molecule has 0 aromatic rings. The summed E-state index contributed by atoms with van der Waals surface area (Å²) in [4.78, 5) is 16.2. The Balaban J connectivity index is 2.39. The first kappa shape index (κ1) is 13.8. The Morgan fingerprint density at radius 2 is 2.12 bits per heavy atom. The molecule has 5 heteroatoms. The van der Waals surface area contributed by atoms with Crippen molar-refractivity contribution in [2.75, 3.05) is 45.2 Å². The van der Waals surface area contributed by atoms with Gasteiger partial charge in [-0.3, -0.25) is 4.79 Å². The van der Waals surface area contributed by atoms with Gasteiger partial charge in [-0.15, -0.1) is 0 Å². The Hall–Kier alpha value is -0.260. The van der Waals surface area contributed by atoms with E-state index < -0.39 is 0 Å². The molecule has 2 N–H and O–H groups in total. The van der Waals surface area contributed by atoms with Crippen molar-refractivity contribution in [3.05, 3.63) is 0 Å². The van der Waals surface area contributed by atoms with E-state index in [1.807, 2.05) is 11.2 Å². The predicted octanol–water partition coefficient (Wildman–Crippen LogP) is 0.231. The topological polar surface area (TPSA) is 49.6 Å². The van der Waals surface area contributed by atoms with Crippen LogP contribution in [0.5, 0.6) is 0 Å². The van der Waals surface area contributed by atoms with Crippen LogP contribution in [0.15, 0.2) is 0 Å². The highest BCUT2D eigenvalue weighted by atomic mass is 32.2. The Kier molecular flexibility index (Phi) is 6.16. The van der Waals surface area contributed by atoms with Crippen molar-refractivity contribution in [1.29, 1.82) is 0 Å². The molecular weight excluding hydrogens is 222 g/mol. The molecule has 0 radical (unpaired) electrons. The number of thioether (sulfide) groups is 1. The molecule has 0 unspecified atom stereocenters. The van der Waals surface area contributed by atoms with Crippen molar-refractivity contribution in [2.45, 2.75) is 18.9 Å². The van der Waals surface area contributed by atoms with E-state index in [-0.39, 0.29) is 11.9 Å². The molecule has 1 saturated heterocycles.